The predicted octanol–water partition coefficient (Wildman–Crippen LogP) is 3.26. The minimum absolute atomic E-state index is 0.0223. The van der Waals surface area contributed by atoms with Crippen molar-refractivity contribution in [3.05, 3.63) is 75.7 Å². The third-order valence-corrected chi connectivity index (χ3v) is 4.98. The topological polar surface area (TPSA) is 52.7 Å². The molecule has 0 aliphatic heterocycles. The smallest absolute Gasteiger partial charge is 0.253 e. The summed E-state index contributed by atoms with van der Waals surface area (Å²) in [6, 6.07) is 11.8. The van der Waals surface area contributed by atoms with E-state index in [2.05, 4.69) is 37.9 Å². The van der Waals surface area contributed by atoms with Gasteiger partial charge in [-0.25, -0.2) is 9.67 Å². The molecular formula is C21H24N4O. The van der Waals surface area contributed by atoms with Crippen molar-refractivity contribution in [1.82, 2.24) is 19.3 Å². The lowest BCUT2D eigenvalue weighted by molar-refractivity contribution is 0.556. The van der Waals surface area contributed by atoms with Gasteiger partial charge in [0.05, 0.1) is 29.9 Å². The Morgan fingerprint density at radius 1 is 1.12 bits per heavy atom. The molecule has 0 spiro atoms. The molecule has 134 valence electrons. The van der Waals surface area contributed by atoms with Gasteiger partial charge in [-0.15, -0.1) is 0 Å². The number of hydrogen-bond donors (Lipinski definition) is 0. The molecule has 0 saturated heterocycles. The minimum Gasteiger partial charge on any atom is -0.293 e. The van der Waals surface area contributed by atoms with Crippen LogP contribution < -0.4 is 5.56 Å². The fourth-order valence-electron chi connectivity index (χ4n) is 3.54. The molecule has 5 heteroatoms. The van der Waals surface area contributed by atoms with Crippen molar-refractivity contribution < 1.29 is 0 Å². The van der Waals surface area contributed by atoms with Gasteiger partial charge in [0.15, 0.2) is 0 Å². The summed E-state index contributed by atoms with van der Waals surface area (Å²) >= 11 is 0. The maximum Gasteiger partial charge on any atom is 0.253 e. The van der Waals surface area contributed by atoms with Crippen molar-refractivity contribution in [1.29, 1.82) is 0 Å². The maximum absolute atomic E-state index is 12.6. The Balaban J connectivity index is 1.71. The van der Waals surface area contributed by atoms with Gasteiger partial charge in [-0.3, -0.25) is 9.36 Å². The number of para-hydroxylation sites is 1. The predicted molar refractivity (Wildman–Crippen MR) is 102 cm³/mol. The molecule has 0 amide bonds. The van der Waals surface area contributed by atoms with Crippen LogP contribution in [0, 0.1) is 0 Å². The molecular weight excluding hydrogens is 324 g/mol. The van der Waals surface area contributed by atoms with Crippen LogP contribution in [0.1, 0.15) is 49.8 Å². The molecule has 5 nitrogen and oxygen atoms in total. The highest BCUT2D eigenvalue weighted by Crippen LogP contribution is 2.28. The molecule has 26 heavy (non-hydrogen) atoms. The Labute approximate surface area is 153 Å². The SMILES string of the molecule is CC(C)(C)c1cc(=O)n(Cc2nn(-c3ccccc3)c3c2CCC3)cn1. The molecule has 1 aliphatic rings. The summed E-state index contributed by atoms with van der Waals surface area (Å²) < 4.78 is 3.70. The average Bonchev–Trinajstić information content (AvgIpc) is 3.20. The molecule has 1 aromatic carbocycles. The second-order valence-corrected chi connectivity index (χ2v) is 7.96. The van der Waals surface area contributed by atoms with E-state index in [1.54, 1.807) is 17.0 Å². The lowest BCUT2D eigenvalue weighted by Crippen LogP contribution is -2.25. The molecule has 0 saturated carbocycles. The van der Waals surface area contributed by atoms with Gasteiger partial charge in [-0.2, -0.15) is 5.10 Å². The summed E-state index contributed by atoms with van der Waals surface area (Å²) in [5.41, 5.74) is 5.29. The average molecular weight is 348 g/mol. The van der Waals surface area contributed by atoms with E-state index in [0.29, 0.717) is 6.54 Å². The molecule has 1 aliphatic carbocycles. The Morgan fingerprint density at radius 2 is 1.88 bits per heavy atom. The number of fused-ring (bicyclic) bond motifs is 1. The molecule has 0 radical (unpaired) electrons. The van der Waals surface area contributed by atoms with Crippen LogP contribution in [0.5, 0.6) is 0 Å². The summed E-state index contributed by atoms with van der Waals surface area (Å²) in [6.07, 6.45) is 4.86. The number of hydrogen-bond acceptors (Lipinski definition) is 3. The zero-order valence-electron chi connectivity index (χ0n) is 15.6. The molecule has 0 atom stereocenters. The molecule has 2 heterocycles. The molecule has 3 aromatic rings. The van der Waals surface area contributed by atoms with Crippen LogP contribution >= 0.6 is 0 Å². The van der Waals surface area contributed by atoms with Gasteiger partial charge in [0.2, 0.25) is 0 Å². The third kappa shape index (κ3) is 2.98. The highest BCUT2D eigenvalue weighted by molar-refractivity contribution is 5.40. The van der Waals surface area contributed by atoms with Crippen molar-refractivity contribution in [3.8, 4) is 5.69 Å². The normalized spacial score (nSPS) is 13.8. The van der Waals surface area contributed by atoms with Gasteiger partial charge < -0.3 is 0 Å². The van der Waals surface area contributed by atoms with Crippen LogP contribution in [0.25, 0.3) is 5.69 Å². The first-order valence-electron chi connectivity index (χ1n) is 9.15. The first-order chi connectivity index (χ1) is 12.4. The van der Waals surface area contributed by atoms with Crippen LogP contribution in [0.3, 0.4) is 0 Å². The van der Waals surface area contributed by atoms with Gasteiger partial charge >= 0.3 is 0 Å². The van der Waals surface area contributed by atoms with Gasteiger partial charge in [0, 0.05) is 17.2 Å². The molecule has 4 rings (SSSR count). The van der Waals surface area contributed by atoms with E-state index in [4.69, 9.17) is 5.10 Å². The van der Waals surface area contributed by atoms with Crippen molar-refractivity contribution in [3.63, 3.8) is 0 Å². The van der Waals surface area contributed by atoms with E-state index in [9.17, 15) is 4.79 Å². The highest BCUT2D eigenvalue weighted by Gasteiger charge is 2.24. The van der Waals surface area contributed by atoms with Gasteiger partial charge in [-0.05, 0) is 37.0 Å². The fourth-order valence-corrected chi connectivity index (χ4v) is 3.54. The van der Waals surface area contributed by atoms with Crippen LogP contribution in [0.15, 0.2) is 47.5 Å². The molecule has 0 bridgehead atoms. The Kier molecular flexibility index (Phi) is 4.02. The molecule has 2 aromatic heterocycles. The summed E-state index contributed by atoms with van der Waals surface area (Å²) in [6.45, 7) is 6.66. The number of benzene rings is 1. The molecule has 0 fully saturated rings. The standard InChI is InChI=1S/C21H24N4O/c1-21(2,3)19-12-20(26)24(14-22-19)13-17-16-10-7-11-18(16)25(23-17)15-8-5-4-6-9-15/h4-6,8-9,12,14H,7,10-11,13H2,1-3H3. The summed E-state index contributed by atoms with van der Waals surface area (Å²) in [5.74, 6) is 0. The first-order valence-corrected chi connectivity index (χ1v) is 9.15. The minimum atomic E-state index is -0.131. The van der Waals surface area contributed by atoms with Crippen LogP contribution in [-0.4, -0.2) is 19.3 Å². The Bertz CT molecular complexity index is 993. The summed E-state index contributed by atoms with van der Waals surface area (Å²) in [7, 11) is 0. The third-order valence-electron chi connectivity index (χ3n) is 4.98. The zero-order valence-corrected chi connectivity index (χ0v) is 15.6. The van der Waals surface area contributed by atoms with E-state index < -0.39 is 0 Å². The highest BCUT2D eigenvalue weighted by atomic mass is 16.1. The van der Waals surface area contributed by atoms with Gasteiger partial charge in [0.1, 0.15) is 0 Å². The molecule has 0 unspecified atom stereocenters. The van der Waals surface area contributed by atoms with E-state index in [-0.39, 0.29) is 11.0 Å². The fraction of sp³-hybridized carbons (Fsp3) is 0.381. The maximum atomic E-state index is 12.6. The quantitative estimate of drug-likeness (QED) is 0.730. The lowest BCUT2D eigenvalue weighted by Gasteiger charge is -2.17. The number of rotatable bonds is 3. The van der Waals surface area contributed by atoms with E-state index in [1.165, 1.54) is 11.3 Å². The summed E-state index contributed by atoms with van der Waals surface area (Å²) in [4.78, 5) is 17.1. The summed E-state index contributed by atoms with van der Waals surface area (Å²) in [5, 5.41) is 4.84. The second-order valence-electron chi connectivity index (χ2n) is 7.96. The first kappa shape index (κ1) is 16.8. The Morgan fingerprint density at radius 3 is 2.58 bits per heavy atom. The monoisotopic (exact) mass is 348 g/mol. The van der Waals surface area contributed by atoms with Gasteiger partial charge in [-0.1, -0.05) is 39.0 Å². The van der Waals surface area contributed by atoms with Crippen molar-refractivity contribution in [2.45, 2.75) is 52.0 Å². The zero-order chi connectivity index (χ0) is 18.3. The second kappa shape index (κ2) is 6.24. The van der Waals surface area contributed by atoms with Crippen molar-refractivity contribution in [2.24, 2.45) is 0 Å². The van der Waals surface area contributed by atoms with Crippen LogP contribution in [0.4, 0.5) is 0 Å². The van der Waals surface area contributed by atoms with E-state index in [1.807, 2.05) is 22.9 Å². The van der Waals surface area contributed by atoms with E-state index in [0.717, 1.165) is 36.3 Å². The Hall–Kier alpha value is -2.69. The van der Waals surface area contributed by atoms with Crippen LogP contribution in [-0.2, 0) is 24.8 Å². The van der Waals surface area contributed by atoms with Gasteiger partial charge in [0.25, 0.3) is 5.56 Å². The van der Waals surface area contributed by atoms with E-state index >= 15 is 0 Å². The largest absolute Gasteiger partial charge is 0.293 e. The van der Waals surface area contributed by atoms with Crippen molar-refractivity contribution in [2.75, 3.05) is 0 Å². The van der Waals surface area contributed by atoms with Crippen molar-refractivity contribution >= 4 is 0 Å². The lowest BCUT2D eigenvalue weighted by atomic mass is 9.92. The molecule has 0 N–H and O–H groups in total. The van der Waals surface area contributed by atoms with Crippen LogP contribution in [0.2, 0.25) is 0 Å². The number of aromatic nitrogens is 4. The number of nitrogens with zero attached hydrogens (tertiary/aromatic N) is 4.